The van der Waals surface area contributed by atoms with Crippen molar-refractivity contribution in [2.45, 2.75) is 12.8 Å². The molecule has 5 nitrogen and oxygen atoms in total. The molecule has 1 aromatic carbocycles. The van der Waals surface area contributed by atoms with Crippen LogP contribution in [0.15, 0.2) is 16.6 Å². The van der Waals surface area contributed by atoms with Gasteiger partial charge in [-0.2, -0.15) is 0 Å². The van der Waals surface area contributed by atoms with Gasteiger partial charge in [-0.25, -0.2) is 4.39 Å². The quantitative estimate of drug-likeness (QED) is 0.682. The van der Waals surface area contributed by atoms with E-state index in [0.29, 0.717) is 13.1 Å². The summed E-state index contributed by atoms with van der Waals surface area (Å²) in [4.78, 5) is 12.3. The van der Waals surface area contributed by atoms with E-state index in [9.17, 15) is 19.6 Å². The molecule has 104 valence electrons. The molecule has 1 atom stereocenters. The lowest BCUT2D eigenvalue weighted by Gasteiger charge is -2.33. The Kier molecular flexibility index (Phi) is 4.36. The molecule has 19 heavy (non-hydrogen) atoms. The number of halogens is 2. The topological polar surface area (TPSA) is 66.6 Å². The van der Waals surface area contributed by atoms with E-state index >= 15 is 0 Å². The number of nitro groups is 1. The summed E-state index contributed by atoms with van der Waals surface area (Å²) in [5.41, 5.74) is 0.163. The molecule has 0 amide bonds. The predicted octanol–water partition coefficient (Wildman–Crippen LogP) is 2.71. The average Bonchev–Trinajstić information content (AvgIpc) is 2.41. The van der Waals surface area contributed by atoms with Gasteiger partial charge in [0, 0.05) is 31.8 Å². The second kappa shape index (κ2) is 5.83. The van der Waals surface area contributed by atoms with Gasteiger partial charge in [-0.15, -0.1) is 0 Å². The van der Waals surface area contributed by atoms with Crippen LogP contribution < -0.4 is 4.90 Å². The summed E-state index contributed by atoms with van der Waals surface area (Å²) < 4.78 is 13.7. The van der Waals surface area contributed by atoms with E-state index in [2.05, 4.69) is 15.9 Å². The maximum Gasteiger partial charge on any atom is 0.293 e. The van der Waals surface area contributed by atoms with E-state index in [1.165, 1.54) is 12.1 Å². The molecule has 1 saturated heterocycles. The molecular formula is C12H14BrFN2O3. The fourth-order valence-electron chi connectivity index (χ4n) is 2.36. The highest BCUT2D eigenvalue weighted by atomic mass is 79.9. The number of rotatable bonds is 3. The molecule has 0 bridgehead atoms. The molecule has 1 aliphatic heterocycles. The fourth-order valence-corrected chi connectivity index (χ4v) is 2.69. The lowest BCUT2D eigenvalue weighted by molar-refractivity contribution is -0.384. The van der Waals surface area contributed by atoms with Gasteiger partial charge in [0.2, 0.25) is 0 Å². The lowest BCUT2D eigenvalue weighted by atomic mass is 9.98. The van der Waals surface area contributed by atoms with Crippen LogP contribution in [0.5, 0.6) is 0 Å². The highest BCUT2D eigenvalue weighted by Gasteiger charge is 2.26. The number of anilines is 1. The third-order valence-corrected chi connectivity index (χ3v) is 3.94. The van der Waals surface area contributed by atoms with Gasteiger partial charge in [0.1, 0.15) is 11.5 Å². The minimum atomic E-state index is -0.522. The van der Waals surface area contributed by atoms with E-state index < -0.39 is 10.7 Å². The Morgan fingerprint density at radius 2 is 2.32 bits per heavy atom. The lowest BCUT2D eigenvalue weighted by Crippen LogP contribution is -2.37. The number of aliphatic hydroxyl groups excluding tert-OH is 1. The zero-order valence-electron chi connectivity index (χ0n) is 10.2. The molecule has 0 aromatic heterocycles. The fraction of sp³-hybridized carbons (Fsp3) is 0.500. The first kappa shape index (κ1) is 14.2. The normalized spacial score (nSPS) is 19.5. The maximum atomic E-state index is 13.6. The molecule has 0 saturated carbocycles. The Hall–Kier alpha value is -1.21. The van der Waals surface area contributed by atoms with Crippen LogP contribution in [0.4, 0.5) is 15.8 Å². The van der Waals surface area contributed by atoms with Crippen molar-refractivity contribution in [2.24, 2.45) is 5.92 Å². The molecule has 1 fully saturated rings. The van der Waals surface area contributed by atoms with Crippen molar-refractivity contribution in [3.05, 3.63) is 32.5 Å². The third kappa shape index (κ3) is 3.03. The predicted molar refractivity (Wildman–Crippen MR) is 72.8 cm³/mol. The van der Waals surface area contributed by atoms with Crippen molar-refractivity contribution in [3.63, 3.8) is 0 Å². The second-order valence-electron chi connectivity index (χ2n) is 4.65. The number of nitro benzene ring substituents is 1. The van der Waals surface area contributed by atoms with Crippen LogP contribution in [0, 0.1) is 21.8 Å². The molecule has 0 aliphatic carbocycles. The summed E-state index contributed by atoms with van der Waals surface area (Å²) in [6, 6.07) is 2.37. The monoisotopic (exact) mass is 332 g/mol. The molecule has 7 heteroatoms. The highest BCUT2D eigenvalue weighted by molar-refractivity contribution is 9.10. The van der Waals surface area contributed by atoms with Gasteiger partial charge in [0.05, 0.1) is 9.40 Å². The van der Waals surface area contributed by atoms with E-state index in [-0.39, 0.29) is 28.4 Å². The largest absolute Gasteiger partial charge is 0.396 e. The van der Waals surface area contributed by atoms with Crippen molar-refractivity contribution < 1.29 is 14.4 Å². The molecule has 1 aliphatic rings. The molecule has 1 N–H and O–H groups in total. The molecule has 0 spiro atoms. The first-order valence-electron chi connectivity index (χ1n) is 6.02. The van der Waals surface area contributed by atoms with Crippen LogP contribution in [0.3, 0.4) is 0 Å². The van der Waals surface area contributed by atoms with Crippen LogP contribution in [0.1, 0.15) is 12.8 Å². The van der Waals surface area contributed by atoms with Crippen LogP contribution >= 0.6 is 15.9 Å². The summed E-state index contributed by atoms with van der Waals surface area (Å²) in [5, 5.41) is 20.3. The standard InChI is InChI=1S/C12H14BrFN2O3/c13-9-4-12(16(18)19)11(5-10(9)14)15-3-1-2-8(6-15)7-17/h4-5,8,17H,1-3,6-7H2. The Morgan fingerprint density at radius 3 is 2.95 bits per heavy atom. The Morgan fingerprint density at radius 1 is 1.58 bits per heavy atom. The van der Waals surface area contributed by atoms with Gasteiger partial charge in [-0.05, 0) is 34.7 Å². The zero-order chi connectivity index (χ0) is 14.0. The first-order valence-corrected chi connectivity index (χ1v) is 6.81. The molecule has 0 radical (unpaired) electrons. The SMILES string of the molecule is O=[N+]([O-])c1cc(Br)c(F)cc1N1CCCC(CO)C1. The maximum absolute atomic E-state index is 13.6. The summed E-state index contributed by atoms with van der Waals surface area (Å²) >= 11 is 2.96. The molecule has 1 unspecified atom stereocenters. The number of benzene rings is 1. The molecular weight excluding hydrogens is 319 g/mol. The Balaban J connectivity index is 2.37. The van der Waals surface area contributed by atoms with E-state index in [1.54, 1.807) is 4.90 Å². The highest BCUT2D eigenvalue weighted by Crippen LogP contribution is 2.35. The number of hydrogen-bond acceptors (Lipinski definition) is 4. The van der Waals surface area contributed by atoms with Crippen molar-refractivity contribution >= 4 is 27.3 Å². The average molecular weight is 333 g/mol. The van der Waals surface area contributed by atoms with E-state index in [4.69, 9.17) is 0 Å². The molecule has 1 aromatic rings. The first-order chi connectivity index (χ1) is 9.02. The van der Waals surface area contributed by atoms with Gasteiger partial charge >= 0.3 is 0 Å². The zero-order valence-corrected chi connectivity index (χ0v) is 11.8. The van der Waals surface area contributed by atoms with E-state index in [0.717, 1.165) is 12.8 Å². The van der Waals surface area contributed by atoms with Crippen LogP contribution in [0.25, 0.3) is 0 Å². The Labute approximate surface area is 118 Å². The van der Waals surface area contributed by atoms with Crippen LogP contribution in [-0.2, 0) is 0 Å². The van der Waals surface area contributed by atoms with Crippen molar-refractivity contribution in [1.29, 1.82) is 0 Å². The van der Waals surface area contributed by atoms with Gasteiger partial charge in [0.25, 0.3) is 5.69 Å². The summed E-state index contributed by atoms with van der Waals surface area (Å²) in [6.45, 7) is 1.19. The molecule has 1 heterocycles. The van der Waals surface area contributed by atoms with Gasteiger partial charge in [-0.3, -0.25) is 10.1 Å². The summed E-state index contributed by atoms with van der Waals surface area (Å²) in [6.07, 6.45) is 1.72. The van der Waals surface area contributed by atoms with Crippen molar-refractivity contribution in [2.75, 3.05) is 24.6 Å². The summed E-state index contributed by atoms with van der Waals surface area (Å²) in [5.74, 6) is -0.438. The molecule has 2 rings (SSSR count). The summed E-state index contributed by atoms with van der Waals surface area (Å²) in [7, 11) is 0. The minimum Gasteiger partial charge on any atom is -0.396 e. The van der Waals surface area contributed by atoms with Gasteiger partial charge in [-0.1, -0.05) is 0 Å². The van der Waals surface area contributed by atoms with Crippen molar-refractivity contribution in [3.8, 4) is 0 Å². The number of nitrogens with zero attached hydrogens (tertiary/aromatic N) is 2. The Bertz CT molecular complexity index is 498. The second-order valence-corrected chi connectivity index (χ2v) is 5.50. The van der Waals surface area contributed by atoms with E-state index in [1.807, 2.05) is 0 Å². The minimum absolute atomic E-state index is 0.0449. The van der Waals surface area contributed by atoms with Crippen LogP contribution in [-0.4, -0.2) is 29.7 Å². The van der Waals surface area contributed by atoms with Gasteiger partial charge in [0.15, 0.2) is 0 Å². The number of piperidine rings is 1. The van der Waals surface area contributed by atoms with Crippen LogP contribution in [0.2, 0.25) is 0 Å². The van der Waals surface area contributed by atoms with Gasteiger partial charge < -0.3 is 10.0 Å². The smallest absolute Gasteiger partial charge is 0.293 e. The van der Waals surface area contributed by atoms with Crippen molar-refractivity contribution in [1.82, 2.24) is 0 Å². The number of hydrogen-bond donors (Lipinski definition) is 1. The number of aliphatic hydroxyl groups is 1. The third-order valence-electron chi connectivity index (χ3n) is 3.33.